The SMILES string of the molecule is Fc1cc(CN2CCC(n3cncn3)CC2)ccc1OC(F)F. The Bertz CT molecular complexity index is 628. The third kappa shape index (κ3) is 4.01. The summed E-state index contributed by atoms with van der Waals surface area (Å²) in [5, 5.41) is 4.16. The van der Waals surface area contributed by atoms with Crippen molar-refractivity contribution in [2.45, 2.75) is 32.0 Å². The molecule has 0 amide bonds. The lowest BCUT2D eigenvalue weighted by molar-refractivity contribution is -0.0522. The summed E-state index contributed by atoms with van der Waals surface area (Å²) in [6.45, 7) is -0.718. The lowest BCUT2D eigenvalue weighted by Gasteiger charge is -2.31. The minimum Gasteiger partial charge on any atom is -0.432 e. The highest BCUT2D eigenvalue weighted by Crippen LogP contribution is 2.24. The van der Waals surface area contributed by atoms with E-state index in [1.807, 2.05) is 4.68 Å². The van der Waals surface area contributed by atoms with Crippen molar-refractivity contribution < 1.29 is 17.9 Å². The largest absolute Gasteiger partial charge is 0.432 e. The Labute approximate surface area is 131 Å². The molecule has 0 bridgehead atoms. The third-order valence-corrected chi connectivity index (χ3v) is 3.99. The molecule has 0 atom stereocenters. The number of hydrogen-bond donors (Lipinski definition) is 0. The van der Waals surface area contributed by atoms with Crippen LogP contribution in [0.2, 0.25) is 0 Å². The molecule has 1 aliphatic rings. The van der Waals surface area contributed by atoms with Crippen molar-refractivity contribution in [2.75, 3.05) is 13.1 Å². The van der Waals surface area contributed by atoms with Crippen molar-refractivity contribution in [1.29, 1.82) is 0 Å². The van der Waals surface area contributed by atoms with Gasteiger partial charge in [-0.1, -0.05) is 6.07 Å². The van der Waals surface area contributed by atoms with Crippen molar-refractivity contribution >= 4 is 0 Å². The highest BCUT2D eigenvalue weighted by molar-refractivity contribution is 5.29. The van der Waals surface area contributed by atoms with Crippen LogP contribution < -0.4 is 4.74 Å². The molecule has 0 spiro atoms. The van der Waals surface area contributed by atoms with Crippen LogP contribution in [-0.2, 0) is 6.54 Å². The Balaban J connectivity index is 1.55. The van der Waals surface area contributed by atoms with Crippen LogP contribution in [0.25, 0.3) is 0 Å². The maximum atomic E-state index is 13.7. The number of likely N-dealkylation sites (tertiary alicyclic amines) is 1. The van der Waals surface area contributed by atoms with E-state index >= 15 is 0 Å². The highest BCUT2D eigenvalue weighted by Gasteiger charge is 2.21. The van der Waals surface area contributed by atoms with Gasteiger partial charge in [0.1, 0.15) is 12.7 Å². The van der Waals surface area contributed by atoms with E-state index in [2.05, 4.69) is 19.7 Å². The van der Waals surface area contributed by atoms with Crippen molar-refractivity contribution in [3.05, 3.63) is 42.2 Å². The van der Waals surface area contributed by atoms with Gasteiger partial charge in [0, 0.05) is 19.6 Å². The van der Waals surface area contributed by atoms with Gasteiger partial charge in [0.25, 0.3) is 0 Å². The average Bonchev–Trinajstić information content (AvgIpc) is 3.05. The summed E-state index contributed by atoms with van der Waals surface area (Å²) in [4.78, 5) is 6.16. The maximum Gasteiger partial charge on any atom is 0.387 e. The molecule has 0 aliphatic carbocycles. The molecule has 2 heterocycles. The zero-order valence-corrected chi connectivity index (χ0v) is 12.4. The molecule has 23 heavy (non-hydrogen) atoms. The molecule has 1 aliphatic heterocycles. The number of aromatic nitrogens is 3. The Morgan fingerprint density at radius 1 is 1.26 bits per heavy atom. The molecular weight excluding hydrogens is 309 g/mol. The molecule has 0 radical (unpaired) electrons. The molecule has 3 rings (SSSR count). The summed E-state index contributed by atoms with van der Waals surface area (Å²) in [6.07, 6.45) is 5.13. The third-order valence-electron chi connectivity index (χ3n) is 3.99. The second-order valence-corrected chi connectivity index (χ2v) is 5.53. The van der Waals surface area contributed by atoms with Gasteiger partial charge < -0.3 is 4.74 Å². The van der Waals surface area contributed by atoms with Crippen LogP contribution in [0.3, 0.4) is 0 Å². The van der Waals surface area contributed by atoms with Crippen LogP contribution >= 0.6 is 0 Å². The fraction of sp³-hybridized carbons (Fsp3) is 0.467. The number of benzene rings is 1. The Kier molecular flexibility index (Phi) is 4.80. The van der Waals surface area contributed by atoms with Gasteiger partial charge in [-0.25, -0.2) is 14.1 Å². The normalized spacial score (nSPS) is 16.9. The van der Waals surface area contributed by atoms with E-state index in [0.29, 0.717) is 12.6 Å². The molecule has 124 valence electrons. The quantitative estimate of drug-likeness (QED) is 0.847. The molecule has 0 saturated carbocycles. The van der Waals surface area contributed by atoms with Crippen molar-refractivity contribution in [1.82, 2.24) is 19.7 Å². The van der Waals surface area contributed by atoms with Gasteiger partial charge in [-0.15, -0.1) is 0 Å². The molecule has 1 aromatic carbocycles. The van der Waals surface area contributed by atoms with Gasteiger partial charge >= 0.3 is 6.61 Å². The Morgan fingerprint density at radius 3 is 2.65 bits per heavy atom. The predicted molar refractivity (Wildman–Crippen MR) is 76.6 cm³/mol. The summed E-state index contributed by atoms with van der Waals surface area (Å²) in [6, 6.07) is 4.46. The number of ether oxygens (including phenoxy) is 1. The Morgan fingerprint density at radius 2 is 2.04 bits per heavy atom. The van der Waals surface area contributed by atoms with E-state index in [4.69, 9.17) is 0 Å². The second-order valence-electron chi connectivity index (χ2n) is 5.53. The van der Waals surface area contributed by atoms with Gasteiger partial charge in [-0.2, -0.15) is 13.9 Å². The fourth-order valence-corrected chi connectivity index (χ4v) is 2.84. The summed E-state index contributed by atoms with van der Waals surface area (Å²) >= 11 is 0. The van der Waals surface area contributed by atoms with Gasteiger partial charge in [0.2, 0.25) is 0 Å². The Hall–Kier alpha value is -2.09. The predicted octanol–water partition coefficient (Wildman–Crippen LogP) is 2.86. The van der Waals surface area contributed by atoms with E-state index in [1.165, 1.54) is 18.5 Å². The fourth-order valence-electron chi connectivity index (χ4n) is 2.84. The molecule has 0 N–H and O–H groups in total. The monoisotopic (exact) mass is 326 g/mol. The summed E-state index contributed by atoms with van der Waals surface area (Å²) in [5.74, 6) is -1.19. The van der Waals surface area contributed by atoms with Gasteiger partial charge in [0.05, 0.1) is 6.04 Å². The summed E-state index contributed by atoms with van der Waals surface area (Å²) in [5.41, 5.74) is 0.739. The molecular formula is C15H17F3N4O. The standard InChI is InChI=1S/C15H17F3N4O/c16-13-7-11(1-2-14(13)23-15(17)18)8-21-5-3-12(4-6-21)22-10-19-9-20-22/h1-2,7,9-10,12,15H,3-6,8H2. The van der Waals surface area contributed by atoms with Crippen LogP contribution in [0.4, 0.5) is 13.2 Å². The van der Waals surface area contributed by atoms with Crippen molar-refractivity contribution in [3.63, 3.8) is 0 Å². The van der Waals surface area contributed by atoms with Crippen LogP contribution in [0.5, 0.6) is 5.75 Å². The number of halogens is 3. The average molecular weight is 326 g/mol. The molecule has 1 aromatic heterocycles. The van der Waals surface area contributed by atoms with Crippen LogP contribution in [0.15, 0.2) is 30.9 Å². The zero-order valence-electron chi connectivity index (χ0n) is 12.4. The van der Waals surface area contributed by atoms with E-state index in [0.717, 1.165) is 31.5 Å². The molecule has 2 aromatic rings. The first kappa shape index (κ1) is 15.8. The number of alkyl halides is 2. The first-order valence-electron chi connectivity index (χ1n) is 7.41. The molecule has 1 saturated heterocycles. The first-order chi connectivity index (χ1) is 11.1. The van der Waals surface area contributed by atoms with E-state index in [1.54, 1.807) is 12.4 Å². The number of rotatable bonds is 5. The van der Waals surface area contributed by atoms with Gasteiger partial charge in [-0.05, 0) is 30.5 Å². The van der Waals surface area contributed by atoms with Crippen LogP contribution in [0, 0.1) is 5.82 Å². The molecule has 5 nitrogen and oxygen atoms in total. The number of hydrogen-bond acceptors (Lipinski definition) is 4. The molecule has 0 unspecified atom stereocenters. The number of nitrogens with zero attached hydrogens (tertiary/aromatic N) is 4. The smallest absolute Gasteiger partial charge is 0.387 e. The minimum absolute atomic E-state index is 0.340. The van der Waals surface area contributed by atoms with E-state index < -0.39 is 18.2 Å². The minimum atomic E-state index is -3.02. The second kappa shape index (κ2) is 6.99. The maximum absolute atomic E-state index is 13.7. The van der Waals surface area contributed by atoms with E-state index in [9.17, 15) is 13.2 Å². The molecule has 1 fully saturated rings. The van der Waals surface area contributed by atoms with Crippen LogP contribution in [-0.4, -0.2) is 39.4 Å². The van der Waals surface area contributed by atoms with Gasteiger partial charge in [-0.3, -0.25) is 4.90 Å². The zero-order chi connectivity index (χ0) is 16.2. The van der Waals surface area contributed by atoms with Crippen LogP contribution in [0.1, 0.15) is 24.4 Å². The van der Waals surface area contributed by atoms with Crippen molar-refractivity contribution in [2.24, 2.45) is 0 Å². The summed E-state index contributed by atoms with van der Waals surface area (Å²) < 4.78 is 43.9. The summed E-state index contributed by atoms with van der Waals surface area (Å²) in [7, 11) is 0. The molecule has 8 heteroatoms. The lowest BCUT2D eigenvalue weighted by Crippen LogP contribution is -2.34. The highest BCUT2D eigenvalue weighted by atomic mass is 19.3. The van der Waals surface area contributed by atoms with Gasteiger partial charge in [0.15, 0.2) is 11.6 Å². The number of piperidine rings is 1. The van der Waals surface area contributed by atoms with Crippen molar-refractivity contribution in [3.8, 4) is 5.75 Å². The lowest BCUT2D eigenvalue weighted by atomic mass is 10.0. The topological polar surface area (TPSA) is 43.2 Å². The van der Waals surface area contributed by atoms with E-state index in [-0.39, 0.29) is 0 Å². The first-order valence-corrected chi connectivity index (χ1v) is 7.41.